The van der Waals surface area contributed by atoms with Crippen LogP contribution in [0.25, 0.3) is 10.4 Å². The number of fused-ring (bicyclic) bond motifs is 1. The summed E-state index contributed by atoms with van der Waals surface area (Å²) in [5.41, 5.74) is 10.1. The van der Waals surface area contributed by atoms with Crippen LogP contribution >= 0.6 is 11.3 Å². The van der Waals surface area contributed by atoms with Gasteiger partial charge in [-0.2, -0.15) is 5.26 Å². The van der Waals surface area contributed by atoms with Gasteiger partial charge in [-0.05, 0) is 49.8 Å². The number of nitrogen functional groups attached to an aromatic ring is 1. The highest BCUT2D eigenvalue weighted by Crippen LogP contribution is 2.38. The van der Waals surface area contributed by atoms with Crippen LogP contribution in [0.15, 0.2) is 12.1 Å². The Labute approximate surface area is 135 Å². The summed E-state index contributed by atoms with van der Waals surface area (Å²) in [6, 6.07) is 6.59. The van der Waals surface area contributed by atoms with E-state index in [1.807, 2.05) is 0 Å². The Kier molecular flexibility index (Phi) is 4.44. The Morgan fingerprint density at radius 1 is 1.23 bits per heavy atom. The molecule has 4 heteroatoms. The molecule has 0 saturated carbocycles. The van der Waals surface area contributed by atoms with Crippen LogP contribution < -0.4 is 5.73 Å². The van der Waals surface area contributed by atoms with Crippen LogP contribution in [0.2, 0.25) is 0 Å². The minimum atomic E-state index is 0.392. The van der Waals surface area contributed by atoms with E-state index < -0.39 is 0 Å². The maximum atomic E-state index is 9.59. The molecule has 22 heavy (non-hydrogen) atoms. The van der Waals surface area contributed by atoms with E-state index in [1.165, 1.54) is 34.6 Å². The predicted octanol–water partition coefficient (Wildman–Crippen LogP) is 4.49. The van der Waals surface area contributed by atoms with Crippen LogP contribution in [-0.4, -0.2) is 4.98 Å². The number of anilines is 1. The van der Waals surface area contributed by atoms with E-state index in [4.69, 9.17) is 5.73 Å². The molecule has 0 saturated heterocycles. The number of pyridine rings is 1. The third-order valence-electron chi connectivity index (χ3n) is 4.37. The summed E-state index contributed by atoms with van der Waals surface area (Å²) in [5, 5.41) is 9.59. The van der Waals surface area contributed by atoms with Gasteiger partial charge < -0.3 is 5.73 Å². The molecule has 1 aliphatic rings. The van der Waals surface area contributed by atoms with E-state index in [9.17, 15) is 5.26 Å². The lowest BCUT2D eigenvalue weighted by atomic mass is 9.90. The molecule has 2 heterocycles. The van der Waals surface area contributed by atoms with Crippen molar-refractivity contribution in [3.8, 4) is 16.5 Å². The lowest BCUT2D eigenvalue weighted by molar-refractivity contribution is 0.610. The zero-order valence-corrected chi connectivity index (χ0v) is 13.8. The quantitative estimate of drug-likeness (QED) is 0.889. The van der Waals surface area contributed by atoms with Crippen molar-refractivity contribution in [3.63, 3.8) is 0 Å². The van der Waals surface area contributed by atoms with Crippen LogP contribution in [0, 0.1) is 11.3 Å². The summed E-state index contributed by atoms with van der Waals surface area (Å²) in [4.78, 5) is 7.07. The number of nitrogens with two attached hydrogens (primary N) is 1. The van der Waals surface area contributed by atoms with Gasteiger partial charge in [-0.15, -0.1) is 11.3 Å². The maximum absolute atomic E-state index is 9.59. The molecule has 0 unspecified atom stereocenters. The van der Waals surface area contributed by atoms with Crippen molar-refractivity contribution in [2.24, 2.45) is 0 Å². The molecule has 0 fully saturated rings. The average molecular weight is 311 g/mol. The Morgan fingerprint density at radius 2 is 2.00 bits per heavy atom. The number of hydrogen-bond donors (Lipinski definition) is 1. The minimum Gasteiger partial charge on any atom is -0.383 e. The molecule has 0 bridgehead atoms. The van der Waals surface area contributed by atoms with Gasteiger partial charge in [0.1, 0.15) is 17.5 Å². The normalized spacial score (nSPS) is 14.7. The molecular formula is C18H21N3S. The fourth-order valence-electron chi connectivity index (χ4n) is 3.20. The fraction of sp³-hybridized carbons (Fsp3) is 0.444. The maximum Gasteiger partial charge on any atom is 0.142 e. The van der Waals surface area contributed by atoms with Crippen molar-refractivity contribution in [1.29, 1.82) is 5.26 Å². The van der Waals surface area contributed by atoms with Gasteiger partial charge in [-0.3, -0.25) is 0 Å². The van der Waals surface area contributed by atoms with E-state index in [0.29, 0.717) is 11.4 Å². The van der Waals surface area contributed by atoms with Crippen molar-refractivity contribution < 1.29 is 0 Å². The number of aromatic nitrogens is 1. The van der Waals surface area contributed by atoms with Gasteiger partial charge in [0.05, 0.1) is 0 Å². The number of nitriles is 1. The zero-order valence-electron chi connectivity index (χ0n) is 13.0. The summed E-state index contributed by atoms with van der Waals surface area (Å²) in [5.74, 6) is 0.392. The van der Waals surface area contributed by atoms with Crippen molar-refractivity contribution in [3.05, 3.63) is 33.8 Å². The van der Waals surface area contributed by atoms with Gasteiger partial charge in [0.15, 0.2) is 0 Å². The number of rotatable bonds is 2. The van der Waals surface area contributed by atoms with Crippen LogP contribution in [-0.2, 0) is 19.3 Å². The van der Waals surface area contributed by atoms with Crippen molar-refractivity contribution in [2.45, 2.75) is 51.9 Å². The van der Waals surface area contributed by atoms with Gasteiger partial charge in [-0.1, -0.05) is 19.8 Å². The number of nitrogens with zero attached hydrogens (tertiary/aromatic N) is 2. The van der Waals surface area contributed by atoms with E-state index in [1.54, 1.807) is 11.3 Å². The summed E-state index contributed by atoms with van der Waals surface area (Å²) < 4.78 is 0. The first-order chi connectivity index (χ1) is 10.7. The zero-order chi connectivity index (χ0) is 15.5. The van der Waals surface area contributed by atoms with Crippen LogP contribution in [0.5, 0.6) is 0 Å². The second kappa shape index (κ2) is 6.50. The third-order valence-corrected chi connectivity index (χ3v) is 5.62. The second-order valence-electron chi connectivity index (χ2n) is 5.82. The van der Waals surface area contributed by atoms with Crippen LogP contribution in [0.3, 0.4) is 0 Å². The predicted molar refractivity (Wildman–Crippen MR) is 91.9 cm³/mol. The van der Waals surface area contributed by atoms with E-state index >= 15 is 0 Å². The van der Waals surface area contributed by atoms with Gasteiger partial charge in [0, 0.05) is 21.0 Å². The topological polar surface area (TPSA) is 62.7 Å². The largest absolute Gasteiger partial charge is 0.383 e. The Balaban J connectivity index is 2.22. The molecule has 0 amide bonds. The monoisotopic (exact) mass is 311 g/mol. The van der Waals surface area contributed by atoms with Gasteiger partial charge in [0.2, 0.25) is 0 Å². The Bertz CT molecular complexity index is 725. The molecule has 3 nitrogen and oxygen atoms in total. The van der Waals surface area contributed by atoms with Gasteiger partial charge >= 0.3 is 0 Å². The first kappa shape index (κ1) is 15.1. The Hall–Kier alpha value is -1.86. The molecule has 2 aromatic rings. The number of thiophene rings is 1. The highest BCUT2D eigenvalue weighted by molar-refractivity contribution is 7.15. The van der Waals surface area contributed by atoms with Crippen molar-refractivity contribution >= 4 is 17.2 Å². The van der Waals surface area contributed by atoms with E-state index in [-0.39, 0.29) is 0 Å². The smallest absolute Gasteiger partial charge is 0.142 e. The molecule has 3 rings (SSSR count). The summed E-state index contributed by atoms with van der Waals surface area (Å²) in [7, 11) is 0. The standard InChI is InChI=1S/C18H21N3S/c1-2-12-9-10-16(22-12)17-13-7-5-3-4-6-8-15(13)21-18(20)14(17)11-19/h9-10H,2-8H2,1H3,(H2,20,21). The summed E-state index contributed by atoms with van der Waals surface area (Å²) in [6.07, 6.45) is 7.86. The van der Waals surface area contributed by atoms with Crippen LogP contribution in [0.1, 0.15) is 54.3 Å². The molecular weight excluding hydrogens is 290 g/mol. The van der Waals surface area contributed by atoms with Crippen molar-refractivity contribution in [1.82, 2.24) is 4.98 Å². The Morgan fingerprint density at radius 3 is 2.68 bits per heavy atom. The van der Waals surface area contributed by atoms with E-state index in [0.717, 1.165) is 36.9 Å². The molecule has 0 atom stereocenters. The van der Waals surface area contributed by atoms with Gasteiger partial charge in [0.25, 0.3) is 0 Å². The van der Waals surface area contributed by atoms with Crippen LogP contribution in [0.4, 0.5) is 5.82 Å². The molecule has 0 spiro atoms. The number of aryl methyl sites for hydroxylation is 2. The number of hydrogen-bond acceptors (Lipinski definition) is 4. The lowest BCUT2D eigenvalue weighted by Crippen LogP contribution is -2.09. The van der Waals surface area contributed by atoms with E-state index in [2.05, 4.69) is 30.1 Å². The molecule has 2 N–H and O–H groups in total. The second-order valence-corrected chi connectivity index (χ2v) is 6.99. The highest BCUT2D eigenvalue weighted by Gasteiger charge is 2.21. The summed E-state index contributed by atoms with van der Waals surface area (Å²) in [6.45, 7) is 2.16. The molecule has 0 aromatic carbocycles. The first-order valence-corrected chi connectivity index (χ1v) is 8.86. The fourth-order valence-corrected chi connectivity index (χ4v) is 4.23. The molecule has 1 aliphatic carbocycles. The first-order valence-electron chi connectivity index (χ1n) is 8.05. The molecule has 0 radical (unpaired) electrons. The lowest BCUT2D eigenvalue weighted by Gasteiger charge is -2.18. The molecule has 0 aliphatic heterocycles. The summed E-state index contributed by atoms with van der Waals surface area (Å²) >= 11 is 1.77. The third kappa shape index (κ3) is 2.74. The highest BCUT2D eigenvalue weighted by atomic mass is 32.1. The SMILES string of the molecule is CCc1ccc(-c2c(C#N)c(N)nc3c2CCCCCC3)s1. The molecule has 114 valence electrons. The average Bonchev–Trinajstić information content (AvgIpc) is 2.97. The molecule has 2 aromatic heterocycles. The van der Waals surface area contributed by atoms with Crippen molar-refractivity contribution in [2.75, 3.05) is 5.73 Å². The minimum absolute atomic E-state index is 0.392. The van der Waals surface area contributed by atoms with Gasteiger partial charge in [-0.25, -0.2) is 4.98 Å².